The third kappa shape index (κ3) is 2.71. The first kappa shape index (κ1) is 18.6. The summed E-state index contributed by atoms with van der Waals surface area (Å²) >= 11 is 0. The quantitative estimate of drug-likeness (QED) is 0.575. The van der Waals surface area contributed by atoms with Gasteiger partial charge in [-0.25, -0.2) is 0 Å². The normalized spacial score (nSPS) is 16.4. The molecule has 0 aromatic rings. The molecule has 0 aliphatic carbocycles. The molecule has 0 rings (SSSR count). The summed E-state index contributed by atoms with van der Waals surface area (Å²) in [6, 6.07) is 0. The number of hydrogen-bond acceptors (Lipinski definition) is 3. The maximum absolute atomic E-state index is 11.3. The minimum atomic E-state index is -4.60. The van der Waals surface area contributed by atoms with Gasteiger partial charge in [0.05, 0.1) is 8.07 Å². The summed E-state index contributed by atoms with van der Waals surface area (Å²) in [4.78, 5) is 11.1. The molecule has 1 atom stereocenters. The van der Waals surface area contributed by atoms with Gasteiger partial charge in [0.2, 0.25) is 0 Å². The number of aliphatic carboxylic acids is 1. The molecule has 0 aromatic carbocycles. The number of carboxylic acid groups (broad SMARTS) is 1. The summed E-state index contributed by atoms with van der Waals surface area (Å²) in [6.45, 7) is 7.95. The predicted octanol–water partition coefficient (Wildman–Crippen LogP) is 0.727. The molecule has 16 heavy (non-hydrogen) atoms. The molecule has 0 aromatic heterocycles. The van der Waals surface area contributed by atoms with E-state index >= 15 is 0 Å². The first-order valence-corrected chi connectivity index (χ1v) is 9.11. The monoisotopic (exact) mass is 262 g/mol. The Morgan fingerprint density at radius 1 is 1.31 bits per heavy atom. The van der Waals surface area contributed by atoms with Gasteiger partial charge in [0.15, 0.2) is 4.37 Å². The standard InChI is InChI=1S/C8H18O5SSi.Li.H/c1-6(2)15(4,5)8(3,7(9)10)14(11,12)13;;/h6H,1-5H3,(H,9,10)(H,11,12,13);;. The van der Waals surface area contributed by atoms with Crippen LogP contribution in [-0.4, -0.2) is 55.4 Å². The van der Waals surface area contributed by atoms with Crippen LogP contribution < -0.4 is 0 Å². The number of rotatable bonds is 4. The van der Waals surface area contributed by atoms with E-state index in [0.717, 1.165) is 6.92 Å². The van der Waals surface area contributed by atoms with Crippen molar-refractivity contribution in [3.63, 3.8) is 0 Å². The average Bonchev–Trinajstić information content (AvgIpc) is 1.99. The van der Waals surface area contributed by atoms with Crippen LogP contribution in [0.1, 0.15) is 20.8 Å². The fourth-order valence-electron chi connectivity index (χ4n) is 1.27. The molecule has 0 fully saturated rings. The van der Waals surface area contributed by atoms with Gasteiger partial charge in [-0.2, -0.15) is 8.42 Å². The summed E-state index contributed by atoms with van der Waals surface area (Å²) in [5.41, 5.74) is -0.0690. The maximum atomic E-state index is 11.3. The molecule has 0 bridgehead atoms. The molecule has 0 radical (unpaired) electrons. The van der Waals surface area contributed by atoms with Crippen molar-refractivity contribution >= 4 is 43.0 Å². The van der Waals surface area contributed by atoms with Gasteiger partial charge in [0.1, 0.15) is 0 Å². The molecular weight excluding hydrogens is 243 g/mol. The molecule has 8 heteroatoms. The van der Waals surface area contributed by atoms with Gasteiger partial charge < -0.3 is 5.11 Å². The van der Waals surface area contributed by atoms with Gasteiger partial charge in [-0.15, -0.1) is 0 Å². The zero-order chi connectivity index (χ0) is 12.7. The van der Waals surface area contributed by atoms with Crippen molar-refractivity contribution in [2.24, 2.45) is 0 Å². The third-order valence-electron chi connectivity index (χ3n) is 3.60. The summed E-state index contributed by atoms with van der Waals surface area (Å²) in [5.74, 6) is -1.48. The Morgan fingerprint density at radius 3 is 1.69 bits per heavy atom. The molecular formula is C8H19LiO5SSi. The van der Waals surface area contributed by atoms with Gasteiger partial charge >= 0.3 is 24.8 Å². The van der Waals surface area contributed by atoms with E-state index in [1.54, 1.807) is 26.9 Å². The molecule has 0 saturated heterocycles. The summed E-state index contributed by atoms with van der Waals surface area (Å²) in [6.07, 6.45) is 0. The van der Waals surface area contributed by atoms with Crippen LogP contribution in [-0.2, 0) is 14.9 Å². The zero-order valence-electron chi connectivity index (χ0n) is 9.60. The van der Waals surface area contributed by atoms with E-state index in [0.29, 0.717) is 0 Å². The molecule has 0 heterocycles. The second kappa shape index (κ2) is 5.23. The fourth-order valence-corrected chi connectivity index (χ4v) is 6.51. The first-order valence-electron chi connectivity index (χ1n) is 4.59. The van der Waals surface area contributed by atoms with Crippen LogP contribution in [0.3, 0.4) is 0 Å². The number of hydrogen-bond donors (Lipinski definition) is 2. The first-order chi connectivity index (χ1) is 6.39. The molecule has 0 spiro atoms. The van der Waals surface area contributed by atoms with Crippen LogP contribution in [0.5, 0.6) is 0 Å². The Balaban J connectivity index is 0. The molecule has 0 amide bonds. The zero-order valence-corrected chi connectivity index (χ0v) is 11.4. The van der Waals surface area contributed by atoms with E-state index < -0.39 is 28.5 Å². The van der Waals surface area contributed by atoms with Crippen molar-refractivity contribution in [1.29, 1.82) is 0 Å². The SMILES string of the molecule is CC(C)[Si](C)(C)C(C)(C(=O)O)S(=O)(=O)O.[LiH]. The van der Waals surface area contributed by atoms with Gasteiger partial charge in [-0.05, 0) is 12.5 Å². The van der Waals surface area contributed by atoms with Gasteiger partial charge in [-0.3, -0.25) is 9.35 Å². The Labute approximate surface area is 110 Å². The summed E-state index contributed by atoms with van der Waals surface area (Å²) in [7, 11) is -7.27. The average molecular weight is 262 g/mol. The molecule has 0 saturated carbocycles. The molecule has 0 aliphatic rings. The molecule has 2 N–H and O–H groups in total. The van der Waals surface area contributed by atoms with Crippen molar-refractivity contribution in [3.8, 4) is 0 Å². The van der Waals surface area contributed by atoms with E-state index in [2.05, 4.69) is 0 Å². The fraction of sp³-hybridized carbons (Fsp3) is 0.875. The van der Waals surface area contributed by atoms with Crippen LogP contribution in [0.15, 0.2) is 0 Å². The second-order valence-electron chi connectivity index (χ2n) is 4.69. The molecule has 1 unspecified atom stereocenters. The third-order valence-corrected chi connectivity index (χ3v) is 12.7. The van der Waals surface area contributed by atoms with Crippen LogP contribution >= 0.6 is 0 Å². The topological polar surface area (TPSA) is 91.7 Å². The van der Waals surface area contributed by atoms with Crippen molar-refractivity contribution in [2.75, 3.05) is 0 Å². The van der Waals surface area contributed by atoms with E-state index in [9.17, 15) is 13.2 Å². The number of carbonyl (C=O) groups is 1. The van der Waals surface area contributed by atoms with Crippen LogP contribution in [0.25, 0.3) is 0 Å². The van der Waals surface area contributed by atoms with E-state index in [1.165, 1.54) is 0 Å². The molecule has 0 aliphatic heterocycles. The van der Waals surface area contributed by atoms with Crippen molar-refractivity contribution in [3.05, 3.63) is 0 Å². The predicted molar refractivity (Wildman–Crippen MR) is 67.3 cm³/mol. The van der Waals surface area contributed by atoms with E-state index in [4.69, 9.17) is 9.66 Å². The Hall–Kier alpha value is 0.194. The van der Waals surface area contributed by atoms with E-state index in [-0.39, 0.29) is 24.4 Å². The van der Waals surface area contributed by atoms with Crippen LogP contribution in [0, 0.1) is 0 Å². The van der Waals surface area contributed by atoms with Crippen LogP contribution in [0.2, 0.25) is 18.6 Å². The summed E-state index contributed by atoms with van der Waals surface area (Å²) < 4.78 is 29.6. The van der Waals surface area contributed by atoms with Crippen molar-refractivity contribution in [1.82, 2.24) is 0 Å². The number of carboxylic acids is 1. The molecule has 5 nitrogen and oxygen atoms in total. The van der Waals surface area contributed by atoms with Crippen molar-refractivity contribution < 1.29 is 22.9 Å². The second-order valence-corrected chi connectivity index (χ2v) is 12.4. The van der Waals surface area contributed by atoms with Gasteiger partial charge in [-0.1, -0.05) is 26.9 Å². The Kier molecular flexibility index (Phi) is 6.07. The van der Waals surface area contributed by atoms with E-state index in [1.807, 2.05) is 0 Å². The van der Waals surface area contributed by atoms with Gasteiger partial charge in [0.25, 0.3) is 10.1 Å². The molecule has 92 valence electrons. The minimum absolute atomic E-state index is 0. The van der Waals surface area contributed by atoms with Crippen molar-refractivity contribution in [2.45, 2.75) is 43.8 Å². The van der Waals surface area contributed by atoms with Crippen LogP contribution in [0.4, 0.5) is 0 Å². The van der Waals surface area contributed by atoms with Gasteiger partial charge in [0, 0.05) is 0 Å². The Morgan fingerprint density at radius 2 is 1.62 bits per heavy atom. The Bertz CT molecular complexity index is 365. The summed E-state index contributed by atoms with van der Waals surface area (Å²) in [5, 5.41) is 9.05.